The van der Waals surface area contributed by atoms with E-state index in [1.807, 2.05) is 6.07 Å². The van der Waals surface area contributed by atoms with Crippen LogP contribution in [0.4, 0.5) is 10.5 Å². The van der Waals surface area contributed by atoms with Crippen molar-refractivity contribution in [3.8, 4) is 11.5 Å². The Morgan fingerprint density at radius 2 is 1.95 bits per heavy atom. The molecule has 0 saturated heterocycles. The average Bonchev–Trinajstić information content (AvgIpc) is 2.48. The van der Waals surface area contributed by atoms with Gasteiger partial charge in [-0.2, -0.15) is 0 Å². The Labute approximate surface area is 116 Å². The minimum atomic E-state index is -0.588. The molecule has 0 atom stereocenters. The average molecular weight is 273 g/mol. The summed E-state index contributed by atoms with van der Waals surface area (Å²) in [5, 5.41) is 11.7. The predicted octanol–water partition coefficient (Wildman–Crippen LogP) is 2.80. The fourth-order valence-electron chi connectivity index (χ4n) is 1.69. The number of hydrogen-bond donors (Lipinski definition) is 2. The zero-order chi connectivity index (χ0) is 14.4. The molecule has 0 spiro atoms. The van der Waals surface area contributed by atoms with Gasteiger partial charge in [0.2, 0.25) is 0 Å². The van der Waals surface area contributed by atoms with Crippen molar-refractivity contribution < 1.29 is 19.4 Å². The highest BCUT2D eigenvalue weighted by atomic mass is 16.6. The first-order valence-corrected chi connectivity index (χ1v) is 6.04. The number of rotatable bonds is 4. The molecule has 2 aromatic rings. The number of para-hydroxylation sites is 1. The molecule has 0 aromatic heterocycles. The molecule has 0 unspecified atom stereocenters. The number of anilines is 1. The quantitative estimate of drug-likeness (QED) is 0.898. The van der Waals surface area contributed by atoms with Gasteiger partial charge < -0.3 is 14.6 Å². The van der Waals surface area contributed by atoms with Crippen LogP contribution in [0.5, 0.6) is 11.5 Å². The molecular weight excluding hydrogens is 258 g/mol. The smallest absolute Gasteiger partial charge is 0.417 e. The normalized spacial score (nSPS) is 9.90. The molecule has 0 bridgehead atoms. The van der Waals surface area contributed by atoms with E-state index in [0.29, 0.717) is 22.7 Å². The molecule has 0 fully saturated rings. The fraction of sp³-hybridized carbons (Fsp3) is 0.133. The van der Waals surface area contributed by atoms with Gasteiger partial charge in [0.25, 0.3) is 0 Å². The van der Waals surface area contributed by atoms with Crippen LogP contribution in [-0.2, 0) is 6.61 Å². The third-order valence-corrected chi connectivity index (χ3v) is 2.66. The summed E-state index contributed by atoms with van der Waals surface area (Å²) in [6.07, 6.45) is -0.588. The lowest BCUT2D eigenvalue weighted by molar-refractivity contribution is 0.215. The number of methoxy groups -OCH3 is 1. The van der Waals surface area contributed by atoms with Crippen molar-refractivity contribution >= 4 is 11.8 Å². The van der Waals surface area contributed by atoms with Gasteiger partial charge in [0.1, 0.15) is 11.5 Å². The van der Waals surface area contributed by atoms with Crippen LogP contribution in [0.1, 0.15) is 5.56 Å². The van der Waals surface area contributed by atoms with E-state index in [2.05, 4.69) is 5.32 Å². The van der Waals surface area contributed by atoms with Gasteiger partial charge in [-0.1, -0.05) is 24.3 Å². The van der Waals surface area contributed by atoms with E-state index in [9.17, 15) is 4.79 Å². The van der Waals surface area contributed by atoms with Gasteiger partial charge in [-0.05, 0) is 18.2 Å². The van der Waals surface area contributed by atoms with Gasteiger partial charge in [-0.25, -0.2) is 4.79 Å². The first-order chi connectivity index (χ1) is 9.72. The van der Waals surface area contributed by atoms with Crippen LogP contribution >= 0.6 is 0 Å². The van der Waals surface area contributed by atoms with Crippen LogP contribution in [0.2, 0.25) is 0 Å². The molecule has 2 aromatic carbocycles. The molecule has 0 heterocycles. The number of benzene rings is 2. The Hall–Kier alpha value is -2.53. The van der Waals surface area contributed by atoms with Gasteiger partial charge in [0, 0.05) is 17.3 Å². The number of aliphatic hydroxyl groups is 1. The fourth-order valence-corrected chi connectivity index (χ4v) is 1.69. The van der Waals surface area contributed by atoms with Gasteiger partial charge in [0.05, 0.1) is 13.7 Å². The summed E-state index contributed by atoms with van der Waals surface area (Å²) in [6, 6.07) is 13.7. The summed E-state index contributed by atoms with van der Waals surface area (Å²) in [5.41, 5.74) is 1.18. The number of ether oxygens (including phenoxy) is 2. The first kappa shape index (κ1) is 13.9. The number of aliphatic hydroxyl groups excluding tert-OH is 1. The van der Waals surface area contributed by atoms with Crippen molar-refractivity contribution in [2.75, 3.05) is 12.4 Å². The van der Waals surface area contributed by atoms with Crippen molar-refractivity contribution in [2.24, 2.45) is 0 Å². The second-order valence-corrected chi connectivity index (χ2v) is 4.01. The molecule has 20 heavy (non-hydrogen) atoms. The molecule has 104 valence electrons. The molecule has 0 aliphatic heterocycles. The second-order valence-electron chi connectivity index (χ2n) is 4.01. The number of nitrogens with one attached hydrogen (secondary N) is 1. The second kappa shape index (κ2) is 6.58. The van der Waals surface area contributed by atoms with Crippen LogP contribution in [0.25, 0.3) is 0 Å². The summed E-state index contributed by atoms with van der Waals surface area (Å²) in [7, 11) is 1.50. The van der Waals surface area contributed by atoms with E-state index in [-0.39, 0.29) is 6.61 Å². The maximum atomic E-state index is 11.7. The Balaban J connectivity index is 2.04. The summed E-state index contributed by atoms with van der Waals surface area (Å²) < 4.78 is 10.2. The van der Waals surface area contributed by atoms with E-state index in [1.54, 1.807) is 42.5 Å². The lowest BCUT2D eigenvalue weighted by Gasteiger charge is -2.10. The van der Waals surface area contributed by atoms with E-state index in [4.69, 9.17) is 14.6 Å². The zero-order valence-corrected chi connectivity index (χ0v) is 11.0. The number of carbonyl (C=O) groups is 1. The molecule has 2 rings (SSSR count). The third-order valence-electron chi connectivity index (χ3n) is 2.66. The largest absolute Gasteiger partial charge is 0.496 e. The standard InChI is InChI=1S/C15H15NO4/c1-19-14-9-12(8-7-11(14)10-17)16-15(18)20-13-5-3-2-4-6-13/h2-9,17H,10H2,1H3,(H,16,18). The van der Waals surface area contributed by atoms with Crippen LogP contribution in [0.3, 0.4) is 0 Å². The van der Waals surface area contributed by atoms with Crippen molar-refractivity contribution in [3.63, 3.8) is 0 Å². The van der Waals surface area contributed by atoms with Crippen molar-refractivity contribution in [1.29, 1.82) is 0 Å². The van der Waals surface area contributed by atoms with Gasteiger partial charge in [0.15, 0.2) is 0 Å². The molecule has 5 heteroatoms. The Kier molecular flexibility index (Phi) is 4.57. The lowest BCUT2D eigenvalue weighted by Crippen LogP contribution is -2.16. The van der Waals surface area contributed by atoms with E-state index >= 15 is 0 Å². The summed E-state index contributed by atoms with van der Waals surface area (Å²) in [4.78, 5) is 11.7. The number of carbonyl (C=O) groups excluding carboxylic acids is 1. The molecule has 5 nitrogen and oxygen atoms in total. The topological polar surface area (TPSA) is 67.8 Å². The lowest BCUT2D eigenvalue weighted by atomic mass is 10.2. The summed E-state index contributed by atoms with van der Waals surface area (Å²) >= 11 is 0. The van der Waals surface area contributed by atoms with Crippen LogP contribution in [-0.4, -0.2) is 18.3 Å². The Morgan fingerprint density at radius 3 is 2.60 bits per heavy atom. The number of hydrogen-bond acceptors (Lipinski definition) is 4. The maximum Gasteiger partial charge on any atom is 0.417 e. The Morgan fingerprint density at radius 1 is 1.20 bits per heavy atom. The van der Waals surface area contributed by atoms with Crippen LogP contribution in [0, 0.1) is 0 Å². The molecule has 2 N–H and O–H groups in total. The maximum absolute atomic E-state index is 11.7. The van der Waals surface area contributed by atoms with E-state index in [1.165, 1.54) is 7.11 Å². The minimum absolute atomic E-state index is 0.127. The van der Waals surface area contributed by atoms with Crippen molar-refractivity contribution in [2.45, 2.75) is 6.61 Å². The summed E-state index contributed by atoms with van der Waals surface area (Å²) in [6.45, 7) is -0.127. The van der Waals surface area contributed by atoms with E-state index < -0.39 is 6.09 Å². The predicted molar refractivity (Wildman–Crippen MR) is 75.0 cm³/mol. The van der Waals surface area contributed by atoms with Gasteiger partial charge in [-0.15, -0.1) is 0 Å². The summed E-state index contributed by atoms with van der Waals surface area (Å²) in [5.74, 6) is 0.967. The highest BCUT2D eigenvalue weighted by Gasteiger charge is 2.08. The van der Waals surface area contributed by atoms with Crippen molar-refractivity contribution in [1.82, 2.24) is 0 Å². The molecular formula is C15H15NO4. The zero-order valence-electron chi connectivity index (χ0n) is 11.0. The van der Waals surface area contributed by atoms with Crippen LogP contribution in [0.15, 0.2) is 48.5 Å². The Bertz CT molecular complexity index is 584. The molecule has 0 aliphatic carbocycles. The van der Waals surface area contributed by atoms with Crippen LogP contribution < -0.4 is 14.8 Å². The minimum Gasteiger partial charge on any atom is -0.496 e. The van der Waals surface area contributed by atoms with Crippen molar-refractivity contribution in [3.05, 3.63) is 54.1 Å². The highest BCUT2D eigenvalue weighted by molar-refractivity contribution is 5.86. The van der Waals surface area contributed by atoms with Gasteiger partial charge >= 0.3 is 6.09 Å². The molecule has 1 amide bonds. The van der Waals surface area contributed by atoms with E-state index in [0.717, 1.165) is 0 Å². The first-order valence-electron chi connectivity index (χ1n) is 6.04. The number of amides is 1. The monoisotopic (exact) mass is 273 g/mol. The molecule has 0 aliphatic rings. The third kappa shape index (κ3) is 3.49. The SMILES string of the molecule is COc1cc(NC(=O)Oc2ccccc2)ccc1CO. The van der Waals surface area contributed by atoms with Gasteiger partial charge in [-0.3, -0.25) is 5.32 Å². The molecule has 0 radical (unpaired) electrons. The highest BCUT2D eigenvalue weighted by Crippen LogP contribution is 2.23. The molecule has 0 saturated carbocycles.